The molecule has 6 heteroatoms. The van der Waals surface area contributed by atoms with Crippen LogP contribution in [0.5, 0.6) is 0 Å². The molecule has 0 aliphatic rings. The Bertz CT molecular complexity index is 394. The molecule has 0 aromatic heterocycles. The zero-order chi connectivity index (χ0) is 10.7. The van der Waals surface area contributed by atoms with E-state index in [4.69, 9.17) is 11.6 Å². The van der Waals surface area contributed by atoms with Crippen LogP contribution in [0.15, 0.2) is 18.2 Å². The fourth-order valence-electron chi connectivity index (χ4n) is 1.06. The van der Waals surface area contributed by atoms with Crippen molar-refractivity contribution >= 4 is 28.1 Å². The molecule has 0 aliphatic heterocycles. The second kappa shape index (κ2) is 4.52. The Kier molecular flexibility index (Phi) is 3.60. The van der Waals surface area contributed by atoms with Crippen molar-refractivity contribution in [2.75, 3.05) is 6.26 Å². The van der Waals surface area contributed by atoms with E-state index in [0.29, 0.717) is 10.6 Å². The van der Waals surface area contributed by atoms with Crippen molar-refractivity contribution in [1.82, 2.24) is 0 Å². The molecule has 0 radical (unpaired) electrons. The molecule has 0 unspecified atom stereocenters. The number of nitrogens with zero attached hydrogens (tertiary/aromatic N) is 1. The van der Waals surface area contributed by atoms with Crippen molar-refractivity contribution in [1.29, 1.82) is 0 Å². The first-order chi connectivity index (χ1) is 6.49. The molecule has 4 nitrogen and oxygen atoms in total. The van der Waals surface area contributed by atoms with Crippen LogP contribution in [0.2, 0.25) is 5.02 Å². The van der Waals surface area contributed by atoms with Crippen LogP contribution in [-0.2, 0) is 16.6 Å². The minimum Gasteiger partial charge on any atom is -0.260 e. The fraction of sp³-hybridized carbons (Fsp3) is 0.250. The summed E-state index contributed by atoms with van der Waals surface area (Å²) in [7, 11) is -1.03. The normalized spacial score (nSPS) is 12.4. The van der Waals surface area contributed by atoms with Gasteiger partial charge in [-0.25, -0.2) is 0 Å². The molecule has 0 amide bonds. The molecule has 0 fully saturated rings. The van der Waals surface area contributed by atoms with Crippen molar-refractivity contribution in [3.8, 4) is 0 Å². The predicted molar refractivity (Wildman–Crippen MR) is 55.9 cm³/mol. The molecule has 1 aromatic rings. The summed E-state index contributed by atoms with van der Waals surface area (Å²) in [4.78, 5) is 9.94. The smallest absolute Gasteiger partial charge is 0.260 e. The predicted octanol–water partition coefficient (Wildman–Crippen LogP) is 2.13. The summed E-state index contributed by atoms with van der Waals surface area (Å²) in [5.41, 5.74) is 0.544. The van der Waals surface area contributed by atoms with Crippen molar-refractivity contribution in [3.63, 3.8) is 0 Å². The highest BCUT2D eigenvalue weighted by Crippen LogP contribution is 2.21. The summed E-state index contributed by atoms with van der Waals surface area (Å²) in [6.45, 7) is 0. The first-order valence-electron chi connectivity index (χ1n) is 3.73. The number of hydrogen-bond donors (Lipinski definition) is 0. The molecular weight excluding hydrogens is 226 g/mol. The van der Waals surface area contributed by atoms with Crippen LogP contribution in [0.25, 0.3) is 0 Å². The third kappa shape index (κ3) is 3.08. The second-order valence-corrected chi connectivity index (χ2v) is 4.66. The summed E-state index contributed by atoms with van der Waals surface area (Å²) in [6, 6.07) is 4.23. The summed E-state index contributed by atoms with van der Waals surface area (Å²) in [6.07, 6.45) is 1.53. The van der Waals surface area contributed by atoms with Gasteiger partial charge in [-0.15, -0.1) is 0 Å². The van der Waals surface area contributed by atoms with Crippen molar-refractivity contribution in [2.45, 2.75) is 5.75 Å². The van der Waals surface area contributed by atoms with Crippen LogP contribution in [0.1, 0.15) is 5.56 Å². The Morgan fingerprint density at radius 3 is 2.64 bits per heavy atom. The number of rotatable bonds is 3. The van der Waals surface area contributed by atoms with Crippen molar-refractivity contribution in [2.24, 2.45) is 0 Å². The van der Waals surface area contributed by atoms with Crippen LogP contribution in [0.4, 0.5) is 5.69 Å². The fourth-order valence-corrected chi connectivity index (χ4v) is 1.94. The highest BCUT2D eigenvalue weighted by Gasteiger charge is 2.09. The van der Waals surface area contributed by atoms with Gasteiger partial charge >= 0.3 is 0 Å². The minimum atomic E-state index is -1.03. The number of nitro benzene ring substituents is 1. The molecule has 76 valence electrons. The number of nitro groups is 1. The zero-order valence-corrected chi connectivity index (χ0v) is 8.97. The molecule has 0 bridgehead atoms. The summed E-state index contributed by atoms with van der Waals surface area (Å²) in [5, 5.41) is 10.8. The van der Waals surface area contributed by atoms with Crippen LogP contribution in [0.3, 0.4) is 0 Å². The average molecular weight is 234 g/mol. The van der Waals surface area contributed by atoms with Crippen LogP contribution in [0, 0.1) is 10.1 Å². The van der Waals surface area contributed by atoms with Crippen LogP contribution < -0.4 is 0 Å². The quantitative estimate of drug-likeness (QED) is 0.594. The van der Waals surface area contributed by atoms with Gasteiger partial charge in [0.2, 0.25) is 0 Å². The first kappa shape index (κ1) is 11.1. The lowest BCUT2D eigenvalue weighted by molar-refractivity contribution is -0.384. The van der Waals surface area contributed by atoms with Gasteiger partial charge in [-0.3, -0.25) is 14.3 Å². The molecule has 0 saturated carbocycles. The maximum Gasteiger partial charge on any atom is 0.271 e. The Labute approximate surface area is 88.5 Å². The van der Waals surface area contributed by atoms with E-state index in [1.807, 2.05) is 0 Å². The lowest BCUT2D eigenvalue weighted by atomic mass is 10.2. The SMILES string of the molecule is C[S@](=O)Cc1cc(Cl)cc([N+](=O)[O-])c1. The van der Waals surface area contributed by atoms with Gasteiger partial charge in [-0.1, -0.05) is 11.6 Å². The standard InChI is InChI=1S/C8H8ClNO3S/c1-14(13)5-6-2-7(9)4-8(3-6)10(11)12/h2-4H,5H2,1H3/t14-/m0/s1. The molecule has 0 spiro atoms. The minimum absolute atomic E-state index is 0.0713. The molecule has 1 atom stereocenters. The first-order valence-corrected chi connectivity index (χ1v) is 5.83. The third-order valence-corrected chi connectivity index (χ3v) is 2.48. The van der Waals surface area contributed by atoms with Gasteiger partial charge in [0.15, 0.2) is 0 Å². The molecule has 0 aliphatic carbocycles. The summed E-state index contributed by atoms with van der Waals surface area (Å²) in [5.74, 6) is 0.279. The number of halogens is 1. The van der Waals surface area contributed by atoms with Crippen molar-refractivity contribution < 1.29 is 9.13 Å². The van der Waals surface area contributed by atoms with Gasteiger partial charge in [0.1, 0.15) is 0 Å². The topological polar surface area (TPSA) is 60.2 Å². The average Bonchev–Trinajstić information content (AvgIpc) is 2.01. The van der Waals surface area contributed by atoms with Gasteiger partial charge < -0.3 is 0 Å². The highest BCUT2D eigenvalue weighted by molar-refractivity contribution is 7.83. The van der Waals surface area contributed by atoms with E-state index in [9.17, 15) is 14.3 Å². The number of hydrogen-bond acceptors (Lipinski definition) is 3. The molecule has 0 saturated heterocycles. The second-order valence-electron chi connectivity index (χ2n) is 2.79. The van der Waals surface area contributed by atoms with E-state index in [0.717, 1.165) is 0 Å². The Morgan fingerprint density at radius 1 is 1.50 bits per heavy atom. The Morgan fingerprint density at radius 2 is 2.14 bits per heavy atom. The summed E-state index contributed by atoms with van der Waals surface area (Å²) < 4.78 is 10.9. The lowest BCUT2D eigenvalue weighted by Crippen LogP contribution is -1.95. The van der Waals surface area contributed by atoms with Gasteiger partial charge in [0.25, 0.3) is 5.69 Å². The molecule has 0 N–H and O–H groups in total. The molecule has 1 aromatic carbocycles. The lowest BCUT2D eigenvalue weighted by Gasteiger charge is -1.99. The summed E-state index contributed by atoms with van der Waals surface area (Å²) >= 11 is 5.67. The van der Waals surface area contributed by atoms with E-state index in [1.54, 1.807) is 6.07 Å². The largest absolute Gasteiger partial charge is 0.271 e. The van der Waals surface area contributed by atoms with Gasteiger partial charge in [-0.05, 0) is 11.6 Å². The van der Waals surface area contributed by atoms with E-state index in [-0.39, 0.29) is 11.4 Å². The van der Waals surface area contributed by atoms with Crippen LogP contribution in [-0.4, -0.2) is 15.4 Å². The maximum atomic E-state index is 10.9. The van der Waals surface area contributed by atoms with E-state index >= 15 is 0 Å². The van der Waals surface area contributed by atoms with Gasteiger partial charge in [-0.2, -0.15) is 0 Å². The van der Waals surface area contributed by atoms with Crippen molar-refractivity contribution in [3.05, 3.63) is 38.9 Å². The molecule has 1 rings (SSSR count). The van der Waals surface area contributed by atoms with E-state index in [1.165, 1.54) is 18.4 Å². The van der Waals surface area contributed by atoms with Gasteiger partial charge in [0, 0.05) is 40.0 Å². The molecular formula is C8H8ClNO3S. The number of non-ortho nitro benzene ring substituents is 1. The molecule has 14 heavy (non-hydrogen) atoms. The third-order valence-electron chi connectivity index (χ3n) is 1.52. The van der Waals surface area contributed by atoms with E-state index < -0.39 is 15.7 Å². The highest BCUT2D eigenvalue weighted by atomic mass is 35.5. The monoisotopic (exact) mass is 233 g/mol. The van der Waals surface area contributed by atoms with Crippen LogP contribution >= 0.6 is 11.6 Å². The maximum absolute atomic E-state index is 10.9. The van der Waals surface area contributed by atoms with E-state index in [2.05, 4.69) is 0 Å². The molecule has 0 heterocycles. The Hall–Kier alpha value is -0.940. The van der Waals surface area contributed by atoms with Gasteiger partial charge in [0.05, 0.1) is 4.92 Å². The number of benzene rings is 1. The zero-order valence-electron chi connectivity index (χ0n) is 7.40. The Balaban J connectivity index is 3.07.